The molecule has 8 heteroatoms. The van der Waals surface area contributed by atoms with Gasteiger partial charge in [-0.2, -0.15) is 0 Å². The molecule has 0 aliphatic heterocycles. The summed E-state index contributed by atoms with van der Waals surface area (Å²) in [5.74, 6) is -0.529. The first-order valence-corrected chi connectivity index (χ1v) is 11.6. The van der Waals surface area contributed by atoms with Gasteiger partial charge < -0.3 is 15.8 Å². The zero-order valence-corrected chi connectivity index (χ0v) is 19.0. The third kappa shape index (κ3) is 4.33. The van der Waals surface area contributed by atoms with Gasteiger partial charge in [0, 0.05) is 17.5 Å². The number of halogens is 1. The van der Waals surface area contributed by atoms with Crippen molar-refractivity contribution in [2.24, 2.45) is 5.73 Å². The second-order valence-corrected chi connectivity index (χ2v) is 11.2. The van der Waals surface area contributed by atoms with Gasteiger partial charge in [0.25, 0.3) is 0 Å². The fourth-order valence-corrected chi connectivity index (χ4v) is 6.28. The zero-order valence-electron chi connectivity index (χ0n) is 17.5. The molecule has 1 aliphatic carbocycles. The second-order valence-electron chi connectivity index (χ2n) is 8.68. The van der Waals surface area contributed by atoms with Crippen molar-refractivity contribution in [1.29, 1.82) is 0 Å². The molecule has 162 valence electrons. The van der Waals surface area contributed by atoms with Crippen LogP contribution < -0.4 is 11.1 Å². The van der Waals surface area contributed by atoms with Gasteiger partial charge in [0.1, 0.15) is 10.9 Å². The van der Waals surface area contributed by atoms with Gasteiger partial charge in [-0.15, -0.1) is 0 Å². The molecule has 6 nitrogen and oxygen atoms in total. The van der Waals surface area contributed by atoms with Crippen molar-refractivity contribution in [3.05, 3.63) is 64.7 Å². The first-order chi connectivity index (χ1) is 13.9. The number of alkyl carbamates (subject to hydrolysis) is 1. The van der Waals surface area contributed by atoms with Crippen molar-refractivity contribution in [3.63, 3.8) is 0 Å². The summed E-state index contributed by atoms with van der Waals surface area (Å²) >= 11 is 6.00. The summed E-state index contributed by atoms with van der Waals surface area (Å²) in [6.45, 7) is 7.05. The number of nitrogens with one attached hydrogen (secondary N) is 1. The molecular weight excluding hydrogens is 424 g/mol. The summed E-state index contributed by atoms with van der Waals surface area (Å²) in [7, 11) is -3.78. The van der Waals surface area contributed by atoms with Gasteiger partial charge in [0.15, 0.2) is 9.84 Å². The number of amides is 1. The van der Waals surface area contributed by atoms with Crippen LogP contribution in [0.1, 0.15) is 37.8 Å². The lowest BCUT2D eigenvalue weighted by molar-refractivity contribution is 0.0497. The summed E-state index contributed by atoms with van der Waals surface area (Å²) in [5.41, 5.74) is 5.85. The molecule has 0 spiro atoms. The van der Waals surface area contributed by atoms with Gasteiger partial charge in [-0.1, -0.05) is 41.4 Å². The van der Waals surface area contributed by atoms with Gasteiger partial charge in [0.2, 0.25) is 0 Å². The van der Waals surface area contributed by atoms with Gasteiger partial charge in [-0.25, -0.2) is 13.2 Å². The number of nitrogens with two attached hydrogens (primary N) is 1. The molecule has 1 amide bonds. The molecule has 3 rings (SSSR count). The highest BCUT2D eigenvalue weighted by molar-refractivity contribution is 7.92. The molecule has 0 radical (unpaired) electrons. The van der Waals surface area contributed by atoms with E-state index in [4.69, 9.17) is 22.1 Å². The Labute approximate surface area is 182 Å². The minimum Gasteiger partial charge on any atom is -0.444 e. The van der Waals surface area contributed by atoms with Crippen LogP contribution in [0.2, 0.25) is 5.02 Å². The fourth-order valence-electron chi connectivity index (χ4n) is 3.81. The van der Waals surface area contributed by atoms with Gasteiger partial charge in [-0.3, -0.25) is 0 Å². The lowest BCUT2D eigenvalue weighted by Gasteiger charge is -2.24. The summed E-state index contributed by atoms with van der Waals surface area (Å²) in [6, 6.07) is 13.6. The predicted octanol–water partition coefficient (Wildman–Crippen LogP) is 3.81. The number of carbonyl (C=O) groups is 1. The Kier molecular flexibility index (Phi) is 5.93. The normalized spacial score (nSPS) is 23.7. The average Bonchev–Trinajstić information content (AvgIpc) is 3.30. The molecule has 3 atom stereocenters. The molecule has 30 heavy (non-hydrogen) atoms. The molecule has 0 saturated heterocycles. The van der Waals surface area contributed by atoms with E-state index in [9.17, 15) is 13.2 Å². The van der Waals surface area contributed by atoms with Crippen molar-refractivity contribution >= 4 is 27.5 Å². The second kappa shape index (κ2) is 7.87. The Bertz CT molecular complexity index is 1030. The average molecular weight is 451 g/mol. The smallest absolute Gasteiger partial charge is 0.408 e. The Morgan fingerprint density at radius 1 is 1.13 bits per heavy atom. The zero-order chi connectivity index (χ0) is 22.3. The summed E-state index contributed by atoms with van der Waals surface area (Å²) in [4.78, 5) is 12.7. The Morgan fingerprint density at radius 3 is 2.20 bits per heavy atom. The van der Waals surface area contributed by atoms with E-state index in [0.717, 1.165) is 11.1 Å². The number of hydrogen-bond donors (Lipinski definition) is 2. The summed E-state index contributed by atoms with van der Waals surface area (Å²) in [5, 5.41) is 2.39. The Balaban J connectivity index is 2.03. The third-order valence-electron chi connectivity index (χ3n) is 5.24. The summed E-state index contributed by atoms with van der Waals surface area (Å²) in [6.07, 6.45) is -0.700. The molecule has 0 heterocycles. The molecular formula is C22H27ClN2O4S. The number of benzene rings is 2. The van der Waals surface area contributed by atoms with Crippen LogP contribution in [0.15, 0.2) is 53.4 Å². The van der Waals surface area contributed by atoms with E-state index in [1.54, 1.807) is 69.3 Å². The molecule has 0 aromatic heterocycles. The number of rotatable bonds is 5. The maximum Gasteiger partial charge on any atom is 0.408 e. The minimum absolute atomic E-state index is 0.0602. The number of hydrogen-bond acceptors (Lipinski definition) is 5. The molecule has 2 aromatic carbocycles. The predicted molar refractivity (Wildman–Crippen MR) is 118 cm³/mol. The van der Waals surface area contributed by atoms with Crippen molar-refractivity contribution in [3.8, 4) is 0 Å². The molecule has 3 N–H and O–H groups in total. The first kappa shape index (κ1) is 22.6. The van der Waals surface area contributed by atoms with Crippen LogP contribution in [0, 0.1) is 6.92 Å². The highest BCUT2D eigenvalue weighted by atomic mass is 35.5. The van der Waals surface area contributed by atoms with Crippen LogP contribution in [0.3, 0.4) is 0 Å². The van der Waals surface area contributed by atoms with Crippen LogP contribution in [0.5, 0.6) is 0 Å². The van der Waals surface area contributed by atoms with Gasteiger partial charge in [0.05, 0.1) is 10.4 Å². The van der Waals surface area contributed by atoms with Crippen molar-refractivity contribution in [2.45, 2.75) is 54.9 Å². The molecule has 0 unspecified atom stereocenters. The van der Waals surface area contributed by atoms with Crippen LogP contribution in [0.25, 0.3) is 0 Å². The Hall–Kier alpha value is -2.09. The first-order valence-electron chi connectivity index (χ1n) is 9.68. The highest BCUT2D eigenvalue weighted by Gasteiger charge is 2.71. The number of carbonyl (C=O) groups excluding carboxylic acids is 1. The van der Waals surface area contributed by atoms with Crippen LogP contribution in [0.4, 0.5) is 4.79 Å². The lowest BCUT2D eigenvalue weighted by Crippen LogP contribution is -2.49. The number of sulfone groups is 1. The fraction of sp³-hybridized carbons (Fsp3) is 0.409. The highest BCUT2D eigenvalue weighted by Crippen LogP contribution is 2.57. The lowest BCUT2D eigenvalue weighted by atomic mass is 10.1. The molecule has 1 aliphatic rings. The van der Waals surface area contributed by atoms with Crippen molar-refractivity contribution in [1.82, 2.24) is 5.32 Å². The third-order valence-corrected chi connectivity index (χ3v) is 7.78. The maximum atomic E-state index is 13.5. The van der Waals surface area contributed by atoms with Crippen LogP contribution >= 0.6 is 11.6 Å². The molecule has 1 fully saturated rings. The topological polar surface area (TPSA) is 98.5 Å². The number of aryl methyl sites for hydroxylation is 1. The molecule has 2 aromatic rings. The minimum atomic E-state index is -3.78. The van der Waals surface area contributed by atoms with Crippen LogP contribution in [-0.4, -0.2) is 37.4 Å². The van der Waals surface area contributed by atoms with Gasteiger partial charge in [-0.05, 0) is 57.5 Å². The van der Waals surface area contributed by atoms with E-state index >= 15 is 0 Å². The number of ether oxygens (including phenoxy) is 1. The van der Waals surface area contributed by atoms with E-state index in [1.165, 1.54) is 0 Å². The Morgan fingerprint density at radius 2 is 1.70 bits per heavy atom. The van der Waals surface area contributed by atoms with Crippen LogP contribution in [-0.2, 0) is 14.6 Å². The molecule has 0 bridgehead atoms. The largest absolute Gasteiger partial charge is 0.444 e. The standard InChI is InChI=1S/C22H27ClN2O4S/c1-14-5-11-17(12-6-14)30(27,28)19-18(15-7-9-16(23)10-8-15)22(19,13-24)25-20(26)29-21(2,3)4/h5-12,18-19H,13,24H2,1-4H3,(H,25,26)/t18-,19-,22-/m1/s1. The maximum absolute atomic E-state index is 13.5. The van der Waals surface area contributed by atoms with Crippen molar-refractivity contribution < 1.29 is 17.9 Å². The quantitative estimate of drug-likeness (QED) is 0.721. The van der Waals surface area contributed by atoms with Crippen molar-refractivity contribution in [2.75, 3.05) is 6.54 Å². The SMILES string of the molecule is Cc1ccc(S(=O)(=O)[C@@H]2[C@@H](c3ccc(Cl)cc3)[C@@]2(CN)NC(=O)OC(C)(C)C)cc1. The monoisotopic (exact) mass is 450 g/mol. The van der Waals surface area contributed by atoms with E-state index in [2.05, 4.69) is 5.32 Å². The van der Waals surface area contributed by atoms with E-state index < -0.39 is 38.2 Å². The van der Waals surface area contributed by atoms with Gasteiger partial charge >= 0.3 is 6.09 Å². The summed E-state index contributed by atoms with van der Waals surface area (Å²) < 4.78 is 32.4. The van der Waals surface area contributed by atoms with E-state index in [1.807, 2.05) is 6.92 Å². The van der Waals surface area contributed by atoms with E-state index in [-0.39, 0.29) is 11.4 Å². The molecule has 1 saturated carbocycles. The van der Waals surface area contributed by atoms with E-state index in [0.29, 0.717) is 5.02 Å².